The number of fused-ring (bicyclic) bond motifs is 2. The fourth-order valence-electron chi connectivity index (χ4n) is 3.41. The summed E-state index contributed by atoms with van der Waals surface area (Å²) in [5.74, 6) is -0.365. The third-order valence-corrected chi connectivity index (χ3v) is 4.97. The summed E-state index contributed by atoms with van der Waals surface area (Å²) in [6, 6.07) is 16.3. The molecule has 0 aliphatic heterocycles. The highest BCUT2D eigenvalue weighted by Gasteiger charge is 2.10. The zero-order chi connectivity index (χ0) is 19.8. The molecule has 0 fully saturated rings. The van der Waals surface area contributed by atoms with Crippen molar-refractivity contribution in [3.8, 4) is 11.1 Å². The minimum Gasteiger partial charge on any atom is -0.294 e. The summed E-state index contributed by atoms with van der Waals surface area (Å²) < 4.78 is 16.2. The first-order chi connectivity index (χ1) is 14.2. The van der Waals surface area contributed by atoms with Crippen LogP contribution in [0.2, 0.25) is 0 Å². The molecule has 5 rings (SSSR count). The summed E-state index contributed by atoms with van der Waals surface area (Å²) in [7, 11) is 0. The summed E-state index contributed by atoms with van der Waals surface area (Å²) in [6.45, 7) is 0.103. The van der Waals surface area contributed by atoms with Crippen molar-refractivity contribution in [3.63, 3.8) is 0 Å². The SMILES string of the molecule is O=c1c2cccnc2ncn1Cc1ccc(-c2ccc3cnccc3c2)cc1F. The van der Waals surface area contributed by atoms with E-state index in [1.54, 1.807) is 36.8 Å². The molecule has 5 aromatic rings. The standard InChI is InChI=1S/C23H15FN4O/c24-21-11-16(15-3-5-18-12-25-9-7-17(18)10-15)4-6-19(21)13-28-14-27-22-20(23(28)29)2-1-8-26-22/h1-12,14H,13H2. The first kappa shape index (κ1) is 17.2. The first-order valence-corrected chi connectivity index (χ1v) is 9.12. The molecule has 0 atom stereocenters. The molecule has 2 aromatic carbocycles. The van der Waals surface area contributed by atoms with Gasteiger partial charge in [0, 0.05) is 29.5 Å². The summed E-state index contributed by atoms with van der Waals surface area (Å²) in [6.07, 6.45) is 6.53. The monoisotopic (exact) mass is 382 g/mol. The molecule has 3 heterocycles. The van der Waals surface area contributed by atoms with E-state index in [1.807, 2.05) is 30.3 Å². The van der Waals surface area contributed by atoms with E-state index >= 15 is 0 Å². The fraction of sp³-hybridized carbons (Fsp3) is 0.0435. The Kier molecular flexibility index (Phi) is 4.09. The lowest BCUT2D eigenvalue weighted by atomic mass is 10.0. The van der Waals surface area contributed by atoms with Crippen LogP contribution >= 0.6 is 0 Å². The van der Waals surface area contributed by atoms with E-state index in [0.29, 0.717) is 16.6 Å². The Morgan fingerprint density at radius 1 is 0.897 bits per heavy atom. The summed E-state index contributed by atoms with van der Waals surface area (Å²) >= 11 is 0. The molecule has 0 saturated carbocycles. The minimum atomic E-state index is -0.365. The van der Waals surface area contributed by atoms with Gasteiger partial charge in [-0.05, 0) is 46.8 Å². The van der Waals surface area contributed by atoms with Gasteiger partial charge in [0.25, 0.3) is 5.56 Å². The average Bonchev–Trinajstić information content (AvgIpc) is 2.76. The molecular formula is C23H15FN4O. The Morgan fingerprint density at radius 3 is 2.66 bits per heavy atom. The molecule has 0 saturated heterocycles. The molecule has 3 aromatic heterocycles. The lowest BCUT2D eigenvalue weighted by Gasteiger charge is -2.10. The van der Waals surface area contributed by atoms with Gasteiger partial charge in [0.1, 0.15) is 12.1 Å². The number of nitrogens with zero attached hydrogens (tertiary/aromatic N) is 4. The third kappa shape index (κ3) is 3.14. The van der Waals surface area contributed by atoms with E-state index in [0.717, 1.165) is 21.9 Å². The first-order valence-electron chi connectivity index (χ1n) is 9.12. The number of pyridine rings is 2. The Labute approximate surface area is 165 Å². The maximum absolute atomic E-state index is 14.8. The predicted octanol–water partition coefficient (Wildman–Crippen LogP) is 4.19. The van der Waals surface area contributed by atoms with Gasteiger partial charge < -0.3 is 0 Å². The van der Waals surface area contributed by atoms with Crippen molar-refractivity contribution >= 4 is 21.8 Å². The van der Waals surface area contributed by atoms with Crippen molar-refractivity contribution < 1.29 is 4.39 Å². The van der Waals surface area contributed by atoms with Gasteiger partial charge in [0.2, 0.25) is 0 Å². The second kappa shape index (κ2) is 6.91. The number of halogens is 1. The molecule has 0 radical (unpaired) electrons. The van der Waals surface area contributed by atoms with Crippen LogP contribution in [0, 0.1) is 5.82 Å². The van der Waals surface area contributed by atoms with Gasteiger partial charge in [-0.25, -0.2) is 14.4 Å². The maximum atomic E-state index is 14.8. The van der Waals surface area contributed by atoms with Crippen LogP contribution in [-0.4, -0.2) is 19.5 Å². The maximum Gasteiger partial charge on any atom is 0.263 e. The van der Waals surface area contributed by atoms with E-state index in [9.17, 15) is 9.18 Å². The lowest BCUT2D eigenvalue weighted by Crippen LogP contribution is -2.21. The fourth-order valence-corrected chi connectivity index (χ4v) is 3.41. The number of hydrogen-bond donors (Lipinski definition) is 0. The highest BCUT2D eigenvalue weighted by Crippen LogP contribution is 2.26. The smallest absolute Gasteiger partial charge is 0.263 e. The Morgan fingerprint density at radius 2 is 1.76 bits per heavy atom. The molecule has 29 heavy (non-hydrogen) atoms. The number of aromatic nitrogens is 4. The van der Waals surface area contributed by atoms with Crippen LogP contribution in [0.3, 0.4) is 0 Å². The number of rotatable bonds is 3. The van der Waals surface area contributed by atoms with Gasteiger partial charge in [0.15, 0.2) is 5.65 Å². The summed E-state index contributed by atoms with van der Waals surface area (Å²) in [5, 5.41) is 2.49. The van der Waals surface area contributed by atoms with Crippen molar-refractivity contribution in [2.24, 2.45) is 0 Å². The van der Waals surface area contributed by atoms with Crippen molar-refractivity contribution in [2.45, 2.75) is 6.54 Å². The Balaban J connectivity index is 1.50. The van der Waals surface area contributed by atoms with Crippen LogP contribution in [0.4, 0.5) is 4.39 Å². The van der Waals surface area contributed by atoms with E-state index < -0.39 is 0 Å². The summed E-state index contributed by atoms with van der Waals surface area (Å²) in [4.78, 5) is 25.0. The number of benzene rings is 2. The van der Waals surface area contributed by atoms with Crippen LogP contribution in [0.5, 0.6) is 0 Å². The average molecular weight is 382 g/mol. The van der Waals surface area contributed by atoms with Crippen LogP contribution < -0.4 is 5.56 Å². The molecule has 0 aliphatic rings. The van der Waals surface area contributed by atoms with Gasteiger partial charge in [-0.3, -0.25) is 14.3 Å². The van der Waals surface area contributed by atoms with Gasteiger partial charge in [-0.1, -0.05) is 24.3 Å². The zero-order valence-electron chi connectivity index (χ0n) is 15.3. The highest BCUT2D eigenvalue weighted by atomic mass is 19.1. The van der Waals surface area contributed by atoms with Gasteiger partial charge >= 0.3 is 0 Å². The molecule has 0 bridgehead atoms. The molecule has 0 aliphatic carbocycles. The molecule has 140 valence electrons. The minimum absolute atomic E-state index is 0.103. The topological polar surface area (TPSA) is 60.7 Å². The second-order valence-electron chi connectivity index (χ2n) is 6.80. The van der Waals surface area contributed by atoms with Crippen LogP contribution in [0.15, 0.2) is 84.3 Å². The van der Waals surface area contributed by atoms with E-state index in [-0.39, 0.29) is 17.9 Å². The van der Waals surface area contributed by atoms with Crippen molar-refractivity contribution in [3.05, 3.63) is 101 Å². The van der Waals surface area contributed by atoms with Gasteiger partial charge in [-0.2, -0.15) is 0 Å². The third-order valence-electron chi connectivity index (χ3n) is 4.97. The van der Waals surface area contributed by atoms with Crippen molar-refractivity contribution in [2.75, 3.05) is 0 Å². The van der Waals surface area contributed by atoms with E-state index in [4.69, 9.17) is 0 Å². The zero-order valence-corrected chi connectivity index (χ0v) is 15.3. The predicted molar refractivity (Wildman–Crippen MR) is 110 cm³/mol. The molecule has 0 unspecified atom stereocenters. The normalized spacial score (nSPS) is 11.2. The lowest BCUT2D eigenvalue weighted by molar-refractivity contribution is 0.595. The molecule has 0 N–H and O–H groups in total. The van der Waals surface area contributed by atoms with Gasteiger partial charge in [0.05, 0.1) is 11.9 Å². The molecule has 0 amide bonds. The largest absolute Gasteiger partial charge is 0.294 e. The molecular weight excluding hydrogens is 367 g/mol. The Bertz CT molecular complexity index is 1430. The number of hydrogen-bond acceptors (Lipinski definition) is 4. The Hall–Kier alpha value is -3.93. The molecule has 6 heteroatoms. The van der Waals surface area contributed by atoms with Gasteiger partial charge in [-0.15, -0.1) is 0 Å². The van der Waals surface area contributed by atoms with Crippen molar-refractivity contribution in [1.29, 1.82) is 0 Å². The molecule has 5 nitrogen and oxygen atoms in total. The van der Waals surface area contributed by atoms with E-state index in [1.165, 1.54) is 17.0 Å². The summed E-state index contributed by atoms with van der Waals surface area (Å²) in [5.41, 5.74) is 2.26. The quantitative estimate of drug-likeness (QED) is 0.469. The second-order valence-corrected chi connectivity index (χ2v) is 6.80. The molecule has 0 spiro atoms. The van der Waals surface area contributed by atoms with Crippen molar-refractivity contribution in [1.82, 2.24) is 19.5 Å². The van der Waals surface area contributed by atoms with Crippen LogP contribution in [0.1, 0.15) is 5.56 Å². The highest BCUT2D eigenvalue weighted by molar-refractivity contribution is 5.86. The van der Waals surface area contributed by atoms with E-state index in [2.05, 4.69) is 15.0 Å². The van der Waals surface area contributed by atoms with Crippen LogP contribution in [-0.2, 0) is 6.54 Å². The van der Waals surface area contributed by atoms with Crippen LogP contribution in [0.25, 0.3) is 32.9 Å².